The summed E-state index contributed by atoms with van der Waals surface area (Å²) in [5.41, 5.74) is 5.82. The minimum absolute atomic E-state index is 0.0659. The summed E-state index contributed by atoms with van der Waals surface area (Å²) in [6.45, 7) is 17.2. The minimum Gasteiger partial charge on any atom is -0.496 e. The predicted molar refractivity (Wildman–Crippen MR) is 128 cm³/mol. The van der Waals surface area contributed by atoms with E-state index in [0.29, 0.717) is 8.58 Å². The van der Waals surface area contributed by atoms with Gasteiger partial charge < -0.3 is 4.74 Å². The highest BCUT2D eigenvalue weighted by Gasteiger charge is 2.33. The van der Waals surface area contributed by atoms with E-state index >= 15 is 0 Å². The van der Waals surface area contributed by atoms with E-state index in [1.165, 1.54) is 16.7 Å². The third-order valence-electron chi connectivity index (χ3n) is 5.65. The van der Waals surface area contributed by atoms with Gasteiger partial charge in [-0.15, -0.1) is 0 Å². The van der Waals surface area contributed by atoms with E-state index in [1.54, 1.807) is 14.0 Å². The van der Waals surface area contributed by atoms with Crippen LogP contribution in [0, 0.1) is 13.8 Å². The van der Waals surface area contributed by atoms with Crippen LogP contribution in [0.25, 0.3) is 0 Å². The molecule has 2 atom stereocenters. The second kappa shape index (κ2) is 9.00. The molecule has 0 aromatic heterocycles. The molecule has 0 radical (unpaired) electrons. The summed E-state index contributed by atoms with van der Waals surface area (Å²) in [6.07, 6.45) is 2.12. The Morgan fingerprint density at radius 1 is 1.07 bits per heavy atom. The molecule has 2 aromatic carbocycles. The number of methoxy groups -OCH3 is 1. The molecule has 2 nitrogen and oxygen atoms in total. The summed E-state index contributed by atoms with van der Waals surface area (Å²) in [5, 5.41) is 1.06. The van der Waals surface area contributed by atoms with Gasteiger partial charge in [0.05, 0.1) is 7.11 Å². The molecule has 0 aliphatic carbocycles. The SMILES string of the molecule is CCCC(C)(Pc1ccc(C)cc1C(C)=O)c1cc(C(C)(C)C)cc(C)c1OC. The third-order valence-corrected chi connectivity index (χ3v) is 7.43. The Balaban J connectivity index is 2.70. The molecule has 2 rings (SSSR count). The number of Topliss-reactive ketones (excluding diaryl/α,β-unsaturated/α-hetero) is 1. The van der Waals surface area contributed by atoms with Crippen LogP contribution in [0.1, 0.15) is 87.0 Å². The first-order chi connectivity index (χ1) is 13.4. The molecular formula is C26H37O2P. The Hall–Kier alpha value is -1.66. The van der Waals surface area contributed by atoms with Crippen molar-refractivity contribution in [2.45, 2.75) is 78.8 Å². The van der Waals surface area contributed by atoms with Gasteiger partial charge in [-0.05, 0) is 55.1 Å². The number of ether oxygens (including phenoxy) is 1. The normalized spacial score (nSPS) is 14.2. The molecule has 0 amide bonds. The fourth-order valence-corrected chi connectivity index (χ4v) is 5.85. The summed E-state index contributed by atoms with van der Waals surface area (Å²) in [7, 11) is 2.26. The van der Waals surface area contributed by atoms with Crippen molar-refractivity contribution in [2.24, 2.45) is 0 Å². The minimum atomic E-state index is -0.0917. The Kier molecular flexibility index (Phi) is 7.33. The number of carbonyl (C=O) groups is 1. The third kappa shape index (κ3) is 5.28. The van der Waals surface area contributed by atoms with Gasteiger partial charge in [0.2, 0.25) is 0 Å². The Labute approximate surface area is 179 Å². The lowest BCUT2D eigenvalue weighted by Gasteiger charge is -2.34. The molecule has 0 saturated heterocycles. The van der Waals surface area contributed by atoms with E-state index in [9.17, 15) is 4.79 Å². The maximum atomic E-state index is 12.3. The summed E-state index contributed by atoms with van der Waals surface area (Å²) in [4.78, 5) is 12.3. The molecular weight excluding hydrogens is 375 g/mol. The fraction of sp³-hybridized carbons (Fsp3) is 0.500. The molecule has 3 heteroatoms. The van der Waals surface area contributed by atoms with Crippen molar-refractivity contribution >= 4 is 19.7 Å². The van der Waals surface area contributed by atoms with Crippen LogP contribution in [0.5, 0.6) is 5.75 Å². The average molecular weight is 413 g/mol. The molecule has 29 heavy (non-hydrogen) atoms. The van der Waals surface area contributed by atoms with Crippen LogP contribution in [0.4, 0.5) is 0 Å². The first kappa shape index (κ1) is 23.6. The smallest absolute Gasteiger partial charge is 0.160 e. The van der Waals surface area contributed by atoms with Crippen LogP contribution in [-0.4, -0.2) is 12.9 Å². The monoisotopic (exact) mass is 412 g/mol. The van der Waals surface area contributed by atoms with Crippen LogP contribution in [0.15, 0.2) is 30.3 Å². The highest BCUT2D eigenvalue weighted by Crippen LogP contribution is 2.50. The molecule has 0 heterocycles. The highest BCUT2D eigenvalue weighted by atomic mass is 31.1. The van der Waals surface area contributed by atoms with Gasteiger partial charge in [-0.2, -0.15) is 0 Å². The molecule has 0 bridgehead atoms. The zero-order chi connectivity index (χ0) is 22.0. The van der Waals surface area contributed by atoms with Crippen LogP contribution < -0.4 is 10.0 Å². The predicted octanol–water partition coefficient (Wildman–Crippen LogP) is 6.83. The first-order valence-electron chi connectivity index (χ1n) is 10.5. The zero-order valence-corrected chi connectivity index (χ0v) is 20.6. The second-order valence-electron chi connectivity index (χ2n) is 9.44. The first-order valence-corrected chi connectivity index (χ1v) is 11.5. The number of aryl methyl sites for hydroxylation is 2. The van der Waals surface area contributed by atoms with Crippen molar-refractivity contribution in [3.8, 4) is 5.75 Å². The average Bonchev–Trinajstić information content (AvgIpc) is 2.61. The Bertz CT molecular complexity index is 892. The molecule has 0 aliphatic rings. The van der Waals surface area contributed by atoms with Crippen molar-refractivity contribution in [3.05, 3.63) is 58.1 Å². The number of benzene rings is 2. The number of rotatable bonds is 7. The molecule has 0 fully saturated rings. The lowest BCUT2D eigenvalue weighted by molar-refractivity contribution is 0.101. The summed E-state index contributed by atoms with van der Waals surface area (Å²) in [6, 6.07) is 10.9. The largest absolute Gasteiger partial charge is 0.496 e. The summed E-state index contributed by atoms with van der Waals surface area (Å²) < 4.78 is 5.91. The molecule has 0 spiro atoms. The lowest BCUT2D eigenvalue weighted by atomic mass is 9.82. The fourth-order valence-electron chi connectivity index (χ4n) is 4.01. The van der Waals surface area contributed by atoms with Gasteiger partial charge in [-0.3, -0.25) is 4.79 Å². The van der Waals surface area contributed by atoms with E-state index in [-0.39, 0.29) is 16.4 Å². The van der Waals surface area contributed by atoms with Crippen LogP contribution >= 0.6 is 8.58 Å². The van der Waals surface area contributed by atoms with Crippen molar-refractivity contribution in [1.82, 2.24) is 0 Å². The molecule has 158 valence electrons. The van der Waals surface area contributed by atoms with Crippen molar-refractivity contribution < 1.29 is 9.53 Å². The van der Waals surface area contributed by atoms with Gasteiger partial charge in [0, 0.05) is 16.3 Å². The zero-order valence-electron chi connectivity index (χ0n) is 19.6. The van der Waals surface area contributed by atoms with Gasteiger partial charge in [-0.25, -0.2) is 0 Å². The van der Waals surface area contributed by atoms with E-state index in [0.717, 1.165) is 35.0 Å². The van der Waals surface area contributed by atoms with Crippen LogP contribution in [0.3, 0.4) is 0 Å². The van der Waals surface area contributed by atoms with E-state index in [1.807, 2.05) is 13.0 Å². The summed E-state index contributed by atoms with van der Waals surface area (Å²) in [5.74, 6) is 1.12. The second-order valence-corrected chi connectivity index (χ2v) is 11.3. The van der Waals surface area contributed by atoms with E-state index in [2.05, 4.69) is 65.8 Å². The van der Waals surface area contributed by atoms with Gasteiger partial charge >= 0.3 is 0 Å². The van der Waals surface area contributed by atoms with Crippen LogP contribution in [-0.2, 0) is 10.6 Å². The van der Waals surface area contributed by atoms with E-state index < -0.39 is 0 Å². The quantitative estimate of drug-likeness (QED) is 0.368. The number of ketones is 1. The van der Waals surface area contributed by atoms with Crippen molar-refractivity contribution in [2.75, 3.05) is 7.11 Å². The topological polar surface area (TPSA) is 26.3 Å². The van der Waals surface area contributed by atoms with Crippen molar-refractivity contribution in [3.63, 3.8) is 0 Å². The maximum absolute atomic E-state index is 12.3. The number of hydrogen-bond donors (Lipinski definition) is 0. The maximum Gasteiger partial charge on any atom is 0.160 e. The molecule has 0 N–H and O–H groups in total. The molecule has 0 aliphatic heterocycles. The standard InChI is InChI=1S/C26H37O2P/c1-10-13-26(8,29-23-12-11-17(2)14-21(23)19(4)27)22-16-20(25(5,6)7)15-18(3)24(22)28-9/h11-12,14-16,29H,10,13H2,1-9H3. The lowest BCUT2D eigenvalue weighted by Crippen LogP contribution is -2.24. The van der Waals surface area contributed by atoms with E-state index in [4.69, 9.17) is 4.74 Å². The van der Waals surface area contributed by atoms with Crippen LogP contribution in [0.2, 0.25) is 0 Å². The van der Waals surface area contributed by atoms with Gasteiger partial charge in [0.15, 0.2) is 5.78 Å². The molecule has 2 unspecified atom stereocenters. The van der Waals surface area contributed by atoms with Gasteiger partial charge in [0.1, 0.15) is 5.75 Å². The number of hydrogen-bond acceptors (Lipinski definition) is 2. The Morgan fingerprint density at radius 2 is 1.72 bits per heavy atom. The molecule has 0 saturated carbocycles. The van der Waals surface area contributed by atoms with Gasteiger partial charge in [-0.1, -0.05) is 79.4 Å². The summed E-state index contributed by atoms with van der Waals surface area (Å²) >= 11 is 0. The highest BCUT2D eigenvalue weighted by molar-refractivity contribution is 7.48. The van der Waals surface area contributed by atoms with Crippen molar-refractivity contribution in [1.29, 1.82) is 0 Å². The molecule has 2 aromatic rings. The Morgan fingerprint density at radius 3 is 2.24 bits per heavy atom. The number of carbonyl (C=O) groups excluding carboxylic acids is 1. The van der Waals surface area contributed by atoms with Gasteiger partial charge in [0.25, 0.3) is 0 Å².